The highest BCUT2D eigenvalue weighted by molar-refractivity contribution is 5.80. The highest BCUT2D eigenvalue weighted by Gasteiger charge is 2.19. The number of likely N-dealkylation sites (tertiary alicyclic amines) is 1. The van der Waals surface area contributed by atoms with Crippen molar-refractivity contribution in [1.82, 2.24) is 9.88 Å². The molecule has 1 aliphatic rings. The zero-order valence-electron chi connectivity index (χ0n) is 15.2. The molecule has 0 saturated carbocycles. The molecule has 0 atom stereocenters. The average Bonchev–Trinajstić information content (AvgIpc) is 2.72. The largest absolute Gasteiger partial charge is 0.484 e. The number of H-pyrrole nitrogens is 1. The molecule has 0 radical (unpaired) electrons. The molecule has 8 nitrogen and oxygen atoms in total. The van der Waals surface area contributed by atoms with E-state index >= 15 is 0 Å². The van der Waals surface area contributed by atoms with Crippen molar-refractivity contribution in [3.63, 3.8) is 0 Å². The standard InChI is InChI=1S/C20H19N5O3/c21-10-15-18(16(11-22)20(27)24-19(15)23)13-4-6-14(7-5-13)28-12-17(26)25-8-2-1-3-9-25/h4-7H,1-3,8-9,12H2,(H3,23,24,27). The van der Waals surface area contributed by atoms with Crippen molar-refractivity contribution in [2.24, 2.45) is 0 Å². The zero-order chi connectivity index (χ0) is 20.1. The number of ether oxygens (including phenoxy) is 1. The second kappa shape index (κ2) is 8.28. The molecule has 3 N–H and O–H groups in total. The number of aromatic nitrogens is 1. The Morgan fingerprint density at radius 2 is 1.75 bits per heavy atom. The Bertz CT molecular complexity index is 1020. The van der Waals surface area contributed by atoms with Gasteiger partial charge in [-0.05, 0) is 37.0 Å². The number of nitrogens with zero attached hydrogens (tertiary/aromatic N) is 3. The molecule has 1 amide bonds. The number of pyridine rings is 1. The van der Waals surface area contributed by atoms with Crippen LogP contribution in [0.5, 0.6) is 5.75 Å². The summed E-state index contributed by atoms with van der Waals surface area (Å²) in [6, 6.07) is 10.2. The van der Waals surface area contributed by atoms with E-state index in [-0.39, 0.29) is 35.0 Å². The van der Waals surface area contributed by atoms with Gasteiger partial charge in [-0.1, -0.05) is 12.1 Å². The Kier molecular flexibility index (Phi) is 5.61. The minimum Gasteiger partial charge on any atom is -0.484 e. The molecule has 1 fully saturated rings. The lowest BCUT2D eigenvalue weighted by Crippen LogP contribution is -2.38. The lowest BCUT2D eigenvalue weighted by Gasteiger charge is -2.26. The van der Waals surface area contributed by atoms with Gasteiger partial charge in [-0.2, -0.15) is 10.5 Å². The van der Waals surface area contributed by atoms with Gasteiger partial charge in [0.15, 0.2) is 6.61 Å². The van der Waals surface area contributed by atoms with Gasteiger partial charge in [0.05, 0.1) is 0 Å². The van der Waals surface area contributed by atoms with Crippen molar-refractivity contribution in [3.05, 3.63) is 45.7 Å². The maximum absolute atomic E-state index is 12.2. The Morgan fingerprint density at radius 3 is 2.36 bits per heavy atom. The highest BCUT2D eigenvalue weighted by atomic mass is 16.5. The van der Waals surface area contributed by atoms with E-state index < -0.39 is 5.56 Å². The number of benzene rings is 1. The van der Waals surface area contributed by atoms with E-state index in [1.165, 1.54) is 0 Å². The molecule has 1 aliphatic heterocycles. The second-order valence-corrected chi connectivity index (χ2v) is 6.47. The molecule has 1 aromatic carbocycles. The molecule has 0 aliphatic carbocycles. The maximum Gasteiger partial charge on any atom is 0.268 e. The molecule has 0 unspecified atom stereocenters. The third-order valence-corrected chi connectivity index (χ3v) is 4.68. The van der Waals surface area contributed by atoms with E-state index in [1.54, 1.807) is 29.2 Å². The molecular formula is C20H19N5O3. The van der Waals surface area contributed by atoms with Crippen molar-refractivity contribution in [1.29, 1.82) is 10.5 Å². The number of nitrogens with two attached hydrogens (primary N) is 1. The number of hydrogen-bond donors (Lipinski definition) is 2. The van der Waals surface area contributed by atoms with Crippen LogP contribution in [0.1, 0.15) is 30.4 Å². The summed E-state index contributed by atoms with van der Waals surface area (Å²) in [5.41, 5.74) is 5.59. The number of rotatable bonds is 4. The molecule has 142 valence electrons. The summed E-state index contributed by atoms with van der Waals surface area (Å²) in [6.45, 7) is 1.47. The van der Waals surface area contributed by atoms with E-state index in [4.69, 9.17) is 10.5 Å². The number of amides is 1. The van der Waals surface area contributed by atoms with Crippen LogP contribution in [-0.4, -0.2) is 35.5 Å². The molecule has 8 heteroatoms. The number of nitrogens with one attached hydrogen (secondary N) is 1. The van der Waals surface area contributed by atoms with Crippen LogP contribution in [0.2, 0.25) is 0 Å². The van der Waals surface area contributed by atoms with Crippen LogP contribution in [0, 0.1) is 22.7 Å². The summed E-state index contributed by atoms with van der Waals surface area (Å²) >= 11 is 0. The Labute approximate surface area is 161 Å². The Morgan fingerprint density at radius 1 is 1.11 bits per heavy atom. The van der Waals surface area contributed by atoms with Crippen molar-refractivity contribution in [2.45, 2.75) is 19.3 Å². The molecule has 0 spiro atoms. The lowest BCUT2D eigenvalue weighted by atomic mass is 9.97. The molecule has 1 aromatic heterocycles. The van der Waals surface area contributed by atoms with Crippen LogP contribution >= 0.6 is 0 Å². The summed E-state index contributed by atoms with van der Waals surface area (Å²) in [4.78, 5) is 28.3. The number of nitrogen functional groups attached to an aromatic ring is 1. The summed E-state index contributed by atoms with van der Waals surface area (Å²) < 4.78 is 5.56. The van der Waals surface area contributed by atoms with Gasteiger partial charge in [-0.15, -0.1) is 0 Å². The fourth-order valence-corrected chi connectivity index (χ4v) is 3.23. The van der Waals surface area contributed by atoms with Crippen molar-refractivity contribution in [2.75, 3.05) is 25.4 Å². The number of carbonyl (C=O) groups is 1. The van der Waals surface area contributed by atoms with Crippen LogP contribution in [0.15, 0.2) is 29.1 Å². The topological polar surface area (TPSA) is 136 Å². The fourth-order valence-electron chi connectivity index (χ4n) is 3.23. The predicted octanol–water partition coefficient (Wildman–Crippen LogP) is 1.76. The number of nitriles is 2. The van der Waals surface area contributed by atoms with E-state index in [9.17, 15) is 20.1 Å². The zero-order valence-corrected chi connectivity index (χ0v) is 15.2. The van der Waals surface area contributed by atoms with Gasteiger partial charge in [0.25, 0.3) is 11.5 Å². The predicted molar refractivity (Wildman–Crippen MR) is 102 cm³/mol. The number of anilines is 1. The first kappa shape index (κ1) is 19.0. The fraction of sp³-hybridized carbons (Fsp3) is 0.300. The van der Waals surface area contributed by atoms with Crippen molar-refractivity contribution >= 4 is 11.7 Å². The van der Waals surface area contributed by atoms with Crippen LogP contribution in [-0.2, 0) is 4.79 Å². The monoisotopic (exact) mass is 377 g/mol. The number of hydrogen-bond acceptors (Lipinski definition) is 6. The summed E-state index contributed by atoms with van der Waals surface area (Å²) in [7, 11) is 0. The normalized spacial score (nSPS) is 13.4. The smallest absolute Gasteiger partial charge is 0.268 e. The van der Waals surface area contributed by atoms with E-state index in [1.807, 2.05) is 12.1 Å². The highest BCUT2D eigenvalue weighted by Crippen LogP contribution is 2.29. The minimum atomic E-state index is -0.651. The Balaban J connectivity index is 1.80. The van der Waals surface area contributed by atoms with Gasteiger partial charge >= 0.3 is 0 Å². The molecule has 0 bridgehead atoms. The van der Waals surface area contributed by atoms with Gasteiger partial charge in [-0.3, -0.25) is 9.59 Å². The molecule has 2 aromatic rings. The molecule has 3 rings (SSSR count). The van der Waals surface area contributed by atoms with Gasteiger partial charge in [0.2, 0.25) is 0 Å². The number of carbonyl (C=O) groups excluding carboxylic acids is 1. The average molecular weight is 377 g/mol. The quantitative estimate of drug-likeness (QED) is 0.833. The SMILES string of the molecule is N#Cc1c(N)[nH]c(=O)c(C#N)c1-c1ccc(OCC(=O)N2CCCCC2)cc1. The van der Waals surface area contributed by atoms with Crippen molar-refractivity contribution < 1.29 is 9.53 Å². The summed E-state index contributed by atoms with van der Waals surface area (Å²) in [5, 5.41) is 18.7. The van der Waals surface area contributed by atoms with Gasteiger partial charge < -0.3 is 20.4 Å². The molecular weight excluding hydrogens is 358 g/mol. The van der Waals surface area contributed by atoms with Gasteiger partial charge in [0.1, 0.15) is 34.8 Å². The molecule has 1 saturated heterocycles. The van der Waals surface area contributed by atoms with Gasteiger partial charge in [0, 0.05) is 18.7 Å². The first-order valence-corrected chi connectivity index (χ1v) is 8.92. The third-order valence-electron chi connectivity index (χ3n) is 4.68. The van der Waals surface area contributed by atoms with E-state index in [2.05, 4.69) is 4.98 Å². The first-order valence-electron chi connectivity index (χ1n) is 8.92. The minimum absolute atomic E-state index is 0.0325. The first-order chi connectivity index (χ1) is 13.5. The van der Waals surface area contributed by atoms with E-state index in [0.29, 0.717) is 11.3 Å². The lowest BCUT2D eigenvalue weighted by molar-refractivity contribution is -0.134. The van der Waals surface area contributed by atoms with Crippen LogP contribution in [0.3, 0.4) is 0 Å². The van der Waals surface area contributed by atoms with Crippen LogP contribution in [0.25, 0.3) is 11.1 Å². The van der Waals surface area contributed by atoms with Crippen LogP contribution < -0.4 is 16.0 Å². The second-order valence-electron chi connectivity index (χ2n) is 6.47. The van der Waals surface area contributed by atoms with Crippen LogP contribution in [0.4, 0.5) is 5.82 Å². The Hall–Kier alpha value is -3.78. The maximum atomic E-state index is 12.2. The number of aromatic amines is 1. The van der Waals surface area contributed by atoms with Crippen molar-refractivity contribution in [3.8, 4) is 29.0 Å². The number of piperidine rings is 1. The molecule has 28 heavy (non-hydrogen) atoms. The third kappa shape index (κ3) is 3.81. The van der Waals surface area contributed by atoms with E-state index in [0.717, 1.165) is 32.4 Å². The summed E-state index contributed by atoms with van der Waals surface area (Å²) in [6.07, 6.45) is 3.18. The summed E-state index contributed by atoms with van der Waals surface area (Å²) in [5.74, 6) is 0.336. The molecule has 2 heterocycles. The van der Waals surface area contributed by atoms with Gasteiger partial charge in [-0.25, -0.2) is 0 Å².